The lowest BCUT2D eigenvalue weighted by atomic mass is 9.99. The van der Waals surface area contributed by atoms with Crippen LogP contribution in [0.15, 0.2) is 12.1 Å². The van der Waals surface area contributed by atoms with Gasteiger partial charge in [0, 0.05) is 17.5 Å². The molecule has 0 aromatic heterocycles. The second-order valence-corrected chi connectivity index (χ2v) is 7.19. The zero-order valence-corrected chi connectivity index (χ0v) is 13.4. The van der Waals surface area contributed by atoms with Gasteiger partial charge in [-0.15, -0.1) is 0 Å². The van der Waals surface area contributed by atoms with Gasteiger partial charge in [0.25, 0.3) is 0 Å². The van der Waals surface area contributed by atoms with E-state index in [2.05, 4.69) is 27.7 Å². The van der Waals surface area contributed by atoms with Crippen LogP contribution in [-0.4, -0.2) is 12.2 Å². The van der Waals surface area contributed by atoms with E-state index in [9.17, 15) is 5.11 Å². The lowest BCUT2D eigenvalue weighted by Gasteiger charge is -2.16. The van der Waals surface area contributed by atoms with Gasteiger partial charge in [-0.05, 0) is 16.9 Å². The van der Waals surface area contributed by atoms with Crippen molar-refractivity contribution in [3.8, 4) is 5.75 Å². The average Bonchev–Trinajstić information content (AvgIpc) is 2.71. The molecule has 19 heavy (non-hydrogen) atoms. The van der Waals surface area contributed by atoms with Crippen molar-refractivity contribution < 1.29 is 9.84 Å². The van der Waals surface area contributed by atoms with Gasteiger partial charge in [0.1, 0.15) is 5.75 Å². The highest BCUT2D eigenvalue weighted by Gasteiger charge is 2.67. The maximum atomic E-state index is 10.6. The Morgan fingerprint density at radius 3 is 2.05 bits per heavy atom. The van der Waals surface area contributed by atoms with Crippen molar-refractivity contribution >= 4 is 23.2 Å². The van der Waals surface area contributed by atoms with Crippen LogP contribution in [-0.2, 0) is 0 Å². The molecule has 106 valence electrons. The van der Waals surface area contributed by atoms with E-state index >= 15 is 0 Å². The summed E-state index contributed by atoms with van der Waals surface area (Å²) in [6, 6.07) is 3.36. The molecule has 2 nitrogen and oxygen atoms in total. The van der Waals surface area contributed by atoms with E-state index in [1.807, 2.05) is 0 Å². The topological polar surface area (TPSA) is 29.5 Å². The number of halogens is 2. The number of hydrogen-bond donors (Lipinski definition) is 1. The third-order valence-electron chi connectivity index (χ3n) is 5.04. The Hall–Kier alpha value is -0.440. The Morgan fingerprint density at radius 2 is 1.63 bits per heavy atom. The largest absolute Gasteiger partial charge is 0.495 e. The summed E-state index contributed by atoms with van der Waals surface area (Å²) in [6.45, 7) is 8.67. The highest BCUT2D eigenvalue weighted by atomic mass is 35.5. The van der Waals surface area contributed by atoms with Crippen LogP contribution in [0, 0.1) is 16.7 Å². The molecule has 2 rings (SSSR count). The van der Waals surface area contributed by atoms with E-state index < -0.39 is 6.10 Å². The second kappa shape index (κ2) is 4.54. The minimum Gasteiger partial charge on any atom is -0.495 e. The van der Waals surface area contributed by atoms with Crippen LogP contribution in [0.4, 0.5) is 0 Å². The van der Waals surface area contributed by atoms with Crippen molar-refractivity contribution in [3.05, 3.63) is 27.7 Å². The van der Waals surface area contributed by atoms with E-state index in [1.54, 1.807) is 19.2 Å². The van der Waals surface area contributed by atoms with Crippen molar-refractivity contribution in [2.24, 2.45) is 16.7 Å². The van der Waals surface area contributed by atoms with Crippen molar-refractivity contribution in [2.75, 3.05) is 7.11 Å². The molecule has 1 fully saturated rings. The molecule has 0 radical (unpaired) electrons. The summed E-state index contributed by atoms with van der Waals surface area (Å²) < 4.78 is 5.12. The molecule has 4 heteroatoms. The highest BCUT2D eigenvalue weighted by molar-refractivity contribution is 6.34. The smallest absolute Gasteiger partial charge is 0.138 e. The summed E-state index contributed by atoms with van der Waals surface area (Å²) in [4.78, 5) is 0. The Bertz CT molecular complexity index is 495. The van der Waals surface area contributed by atoms with Gasteiger partial charge in [0.15, 0.2) is 0 Å². The summed E-state index contributed by atoms with van der Waals surface area (Å²) in [6.07, 6.45) is -0.610. The number of rotatable bonds is 3. The number of aliphatic hydroxyl groups excluding tert-OH is 1. The molecular formula is C15H20Cl2O2. The first-order valence-corrected chi connectivity index (χ1v) is 7.11. The van der Waals surface area contributed by atoms with Gasteiger partial charge in [-0.25, -0.2) is 0 Å². The van der Waals surface area contributed by atoms with Crippen LogP contribution in [0.25, 0.3) is 0 Å². The SMILES string of the molecule is COc1cc(Cl)c(C(O)C2C(C)(C)C2(C)C)cc1Cl. The van der Waals surface area contributed by atoms with Gasteiger partial charge in [-0.3, -0.25) is 0 Å². The van der Waals surface area contributed by atoms with Gasteiger partial charge in [-0.2, -0.15) is 0 Å². The fourth-order valence-corrected chi connectivity index (χ4v) is 3.66. The molecule has 1 saturated carbocycles. The molecule has 1 aromatic carbocycles. The molecule has 0 bridgehead atoms. The molecular weight excluding hydrogens is 283 g/mol. The molecule has 0 aliphatic heterocycles. The van der Waals surface area contributed by atoms with E-state index in [4.69, 9.17) is 27.9 Å². The molecule has 0 heterocycles. The standard InChI is InChI=1S/C15H20Cl2O2/c1-14(2)13(15(14,3)4)12(18)8-6-10(17)11(19-5)7-9(8)16/h6-7,12-13,18H,1-5H3. The molecule has 0 saturated heterocycles. The van der Waals surface area contributed by atoms with E-state index in [0.717, 1.165) is 0 Å². The van der Waals surface area contributed by atoms with Crippen molar-refractivity contribution in [1.29, 1.82) is 0 Å². The first-order chi connectivity index (χ1) is 8.64. The quantitative estimate of drug-likeness (QED) is 0.875. The molecule has 1 N–H and O–H groups in total. The predicted molar refractivity (Wildman–Crippen MR) is 79.0 cm³/mol. The fraction of sp³-hybridized carbons (Fsp3) is 0.600. The van der Waals surface area contributed by atoms with Gasteiger partial charge >= 0.3 is 0 Å². The number of aliphatic hydroxyl groups is 1. The van der Waals surface area contributed by atoms with Gasteiger partial charge < -0.3 is 9.84 Å². The Kier molecular flexibility index (Phi) is 3.58. The first kappa shape index (κ1) is 15.0. The first-order valence-electron chi connectivity index (χ1n) is 6.35. The van der Waals surface area contributed by atoms with Crippen LogP contribution < -0.4 is 4.74 Å². The lowest BCUT2D eigenvalue weighted by molar-refractivity contribution is 0.131. The molecule has 1 atom stereocenters. The maximum Gasteiger partial charge on any atom is 0.138 e. The molecule has 1 aliphatic rings. The van der Waals surface area contributed by atoms with Crippen molar-refractivity contribution in [3.63, 3.8) is 0 Å². The average molecular weight is 303 g/mol. The van der Waals surface area contributed by atoms with E-state index in [0.29, 0.717) is 21.4 Å². The Labute approximate surface area is 124 Å². The van der Waals surface area contributed by atoms with Crippen LogP contribution in [0.2, 0.25) is 10.0 Å². The summed E-state index contributed by atoms with van der Waals surface area (Å²) in [5.41, 5.74) is 0.848. The summed E-state index contributed by atoms with van der Waals surface area (Å²) in [5.74, 6) is 0.693. The molecule has 0 amide bonds. The van der Waals surface area contributed by atoms with Crippen molar-refractivity contribution in [2.45, 2.75) is 33.8 Å². The third kappa shape index (κ3) is 2.14. The van der Waals surface area contributed by atoms with Gasteiger partial charge in [-0.1, -0.05) is 50.9 Å². The summed E-state index contributed by atoms with van der Waals surface area (Å²) in [7, 11) is 1.54. The zero-order valence-electron chi connectivity index (χ0n) is 11.9. The Balaban J connectivity index is 2.36. The molecule has 1 aliphatic carbocycles. The van der Waals surface area contributed by atoms with E-state index in [1.165, 1.54) is 0 Å². The number of methoxy groups -OCH3 is 1. The van der Waals surface area contributed by atoms with Crippen LogP contribution >= 0.6 is 23.2 Å². The number of ether oxygens (including phenoxy) is 1. The van der Waals surface area contributed by atoms with Crippen LogP contribution in [0.3, 0.4) is 0 Å². The number of hydrogen-bond acceptors (Lipinski definition) is 2. The van der Waals surface area contributed by atoms with Crippen LogP contribution in [0.1, 0.15) is 39.4 Å². The fourth-order valence-electron chi connectivity index (χ4n) is 3.14. The Morgan fingerprint density at radius 1 is 1.11 bits per heavy atom. The summed E-state index contributed by atoms with van der Waals surface area (Å²) in [5, 5.41) is 11.6. The zero-order chi connectivity index (χ0) is 14.6. The second-order valence-electron chi connectivity index (χ2n) is 6.37. The highest BCUT2D eigenvalue weighted by Crippen LogP contribution is 2.72. The number of benzene rings is 1. The normalized spacial score (nSPS) is 22.1. The minimum atomic E-state index is -0.610. The minimum absolute atomic E-state index is 0.0855. The summed E-state index contributed by atoms with van der Waals surface area (Å²) >= 11 is 12.4. The molecule has 1 aromatic rings. The maximum absolute atomic E-state index is 10.6. The monoisotopic (exact) mass is 302 g/mol. The van der Waals surface area contributed by atoms with Gasteiger partial charge in [0.2, 0.25) is 0 Å². The lowest BCUT2D eigenvalue weighted by Crippen LogP contribution is -2.06. The third-order valence-corrected chi connectivity index (χ3v) is 5.66. The van der Waals surface area contributed by atoms with Crippen molar-refractivity contribution in [1.82, 2.24) is 0 Å². The molecule has 1 unspecified atom stereocenters. The van der Waals surface area contributed by atoms with Gasteiger partial charge in [0.05, 0.1) is 23.3 Å². The van der Waals surface area contributed by atoms with E-state index in [-0.39, 0.29) is 16.7 Å². The predicted octanol–water partition coefficient (Wildman–Crippen LogP) is 4.72. The molecule has 0 spiro atoms. The van der Waals surface area contributed by atoms with Crippen LogP contribution in [0.5, 0.6) is 5.75 Å².